The number of carbonyl (C=O) groups excluding carboxylic acids is 2. The van der Waals surface area contributed by atoms with E-state index in [0.717, 1.165) is 5.56 Å². The van der Waals surface area contributed by atoms with Crippen LogP contribution in [0.2, 0.25) is 0 Å². The first kappa shape index (κ1) is 17.8. The number of aliphatic hydroxyl groups excluding tert-OH is 2. The molecule has 1 aliphatic heterocycles. The van der Waals surface area contributed by atoms with Crippen LogP contribution in [0.3, 0.4) is 0 Å². The topological polar surface area (TPSA) is 90.7 Å². The Labute approximate surface area is 151 Å². The highest BCUT2D eigenvalue weighted by molar-refractivity contribution is 6.46. The van der Waals surface area contributed by atoms with Crippen molar-refractivity contribution in [2.75, 3.05) is 6.54 Å². The van der Waals surface area contributed by atoms with Crippen LogP contribution in [0.5, 0.6) is 0 Å². The minimum absolute atomic E-state index is 0.00695. The van der Waals surface area contributed by atoms with Gasteiger partial charge in [0, 0.05) is 24.5 Å². The Morgan fingerprint density at radius 2 is 1.92 bits per heavy atom. The first-order chi connectivity index (χ1) is 12.4. The van der Waals surface area contributed by atoms with Gasteiger partial charge >= 0.3 is 0 Å². The maximum absolute atomic E-state index is 12.7. The average Bonchev–Trinajstić information content (AvgIpc) is 2.87. The summed E-state index contributed by atoms with van der Waals surface area (Å²) in [5.74, 6) is -1.74. The number of likely N-dealkylation sites (tertiary alicyclic amines) is 1. The Hall–Kier alpha value is -2.99. The molecule has 2 heterocycles. The van der Waals surface area contributed by atoms with E-state index in [1.807, 2.05) is 19.1 Å². The predicted octanol–water partition coefficient (Wildman–Crippen LogP) is 2.19. The number of β-amino-alcohol motifs (C(OH)–C–C–N with tert-alkyl or cyclic N) is 1. The number of carbonyl (C=O) groups is 2. The van der Waals surface area contributed by atoms with E-state index in [1.165, 1.54) is 4.90 Å². The van der Waals surface area contributed by atoms with Gasteiger partial charge in [0.05, 0.1) is 17.7 Å². The van der Waals surface area contributed by atoms with Gasteiger partial charge in [0.2, 0.25) is 0 Å². The molecule has 2 N–H and O–H groups in total. The van der Waals surface area contributed by atoms with Gasteiger partial charge in [0.25, 0.3) is 11.7 Å². The highest BCUT2D eigenvalue weighted by Crippen LogP contribution is 2.39. The Bertz CT molecular complexity index is 857. The number of amides is 1. The molecule has 1 saturated heterocycles. The lowest BCUT2D eigenvalue weighted by molar-refractivity contribution is -0.140. The highest BCUT2D eigenvalue weighted by Gasteiger charge is 2.46. The van der Waals surface area contributed by atoms with E-state index in [2.05, 4.69) is 4.98 Å². The molecule has 0 bridgehead atoms. The number of rotatable bonds is 4. The third-order valence-corrected chi connectivity index (χ3v) is 4.33. The van der Waals surface area contributed by atoms with E-state index in [9.17, 15) is 19.8 Å². The summed E-state index contributed by atoms with van der Waals surface area (Å²) < 4.78 is 0. The van der Waals surface area contributed by atoms with Crippen molar-refractivity contribution in [3.8, 4) is 0 Å². The molecule has 2 atom stereocenters. The second kappa shape index (κ2) is 7.09. The first-order valence-electron chi connectivity index (χ1n) is 8.33. The van der Waals surface area contributed by atoms with Crippen molar-refractivity contribution in [1.29, 1.82) is 0 Å². The molecule has 2 aromatic rings. The van der Waals surface area contributed by atoms with E-state index in [0.29, 0.717) is 11.1 Å². The molecule has 0 radical (unpaired) electrons. The second-order valence-corrected chi connectivity index (χ2v) is 6.45. The number of pyridine rings is 1. The van der Waals surface area contributed by atoms with Crippen LogP contribution in [0.4, 0.5) is 0 Å². The van der Waals surface area contributed by atoms with Gasteiger partial charge in [-0.1, -0.05) is 35.9 Å². The van der Waals surface area contributed by atoms with Gasteiger partial charge in [-0.25, -0.2) is 0 Å². The van der Waals surface area contributed by atoms with E-state index in [1.54, 1.807) is 43.6 Å². The third-order valence-electron chi connectivity index (χ3n) is 4.33. The molecule has 6 nitrogen and oxygen atoms in total. The van der Waals surface area contributed by atoms with E-state index in [4.69, 9.17) is 0 Å². The minimum atomic E-state index is -0.813. The Kier molecular flexibility index (Phi) is 4.86. The normalized spacial score (nSPS) is 20.4. The minimum Gasteiger partial charge on any atom is -0.507 e. The van der Waals surface area contributed by atoms with E-state index in [-0.39, 0.29) is 17.9 Å². The van der Waals surface area contributed by atoms with Crippen LogP contribution >= 0.6 is 0 Å². The zero-order valence-corrected chi connectivity index (χ0v) is 14.6. The molecule has 1 aromatic carbocycles. The van der Waals surface area contributed by atoms with Crippen molar-refractivity contribution < 1.29 is 19.8 Å². The number of Topliss-reactive ketones (excluding diaryl/α,β-unsaturated/α-hetero) is 1. The number of ketones is 1. The lowest BCUT2D eigenvalue weighted by Crippen LogP contribution is -2.35. The number of aromatic nitrogens is 1. The molecule has 2 unspecified atom stereocenters. The molecule has 3 rings (SSSR count). The van der Waals surface area contributed by atoms with Gasteiger partial charge in [-0.15, -0.1) is 0 Å². The monoisotopic (exact) mass is 352 g/mol. The Morgan fingerprint density at radius 1 is 1.23 bits per heavy atom. The summed E-state index contributed by atoms with van der Waals surface area (Å²) in [6, 6.07) is 9.68. The molecule has 0 spiro atoms. The number of aliphatic hydroxyl groups is 2. The van der Waals surface area contributed by atoms with Crippen LogP contribution < -0.4 is 0 Å². The van der Waals surface area contributed by atoms with Crippen LogP contribution in [-0.4, -0.2) is 44.4 Å². The van der Waals surface area contributed by atoms with Gasteiger partial charge in [-0.05, 0) is 25.5 Å². The number of nitrogens with zero attached hydrogens (tertiary/aromatic N) is 2. The van der Waals surface area contributed by atoms with E-state index >= 15 is 0 Å². The number of hydrogen-bond donors (Lipinski definition) is 2. The summed E-state index contributed by atoms with van der Waals surface area (Å²) in [5, 5.41) is 20.5. The summed E-state index contributed by atoms with van der Waals surface area (Å²) in [6.45, 7) is 3.44. The molecule has 1 aliphatic rings. The molecule has 134 valence electrons. The van der Waals surface area contributed by atoms with Gasteiger partial charge in [-0.3, -0.25) is 14.6 Å². The van der Waals surface area contributed by atoms with Crippen molar-refractivity contribution in [1.82, 2.24) is 9.88 Å². The summed E-state index contributed by atoms with van der Waals surface area (Å²) in [4.78, 5) is 30.5. The zero-order chi connectivity index (χ0) is 18.8. The molecule has 0 saturated carbocycles. The lowest BCUT2D eigenvalue weighted by Gasteiger charge is -2.26. The standard InChI is InChI=1S/C20H20N2O4/c1-12-5-7-14(8-6-12)18(24)16-17(15-4-3-9-21-10-15)22(11-13(2)23)20(26)19(16)25/h3-10,13,17,23-24H,11H2,1-2H3/b18-16-. The fourth-order valence-corrected chi connectivity index (χ4v) is 3.10. The summed E-state index contributed by atoms with van der Waals surface area (Å²) in [5.41, 5.74) is 2.08. The van der Waals surface area contributed by atoms with E-state index < -0.39 is 23.8 Å². The molecule has 26 heavy (non-hydrogen) atoms. The molecule has 1 aromatic heterocycles. The molecular formula is C20H20N2O4. The highest BCUT2D eigenvalue weighted by atomic mass is 16.3. The van der Waals surface area contributed by atoms with Crippen LogP contribution in [0.1, 0.15) is 29.7 Å². The summed E-state index contributed by atoms with van der Waals surface area (Å²) in [7, 11) is 0. The zero-order valence-electron chi connectivity index (χ0n) is 14.6. The largest absolute Gasteiger partial charge is 0.507 e. The van der Waals surface area contributed by atoms with Crippen molar-refractivity contribution in [3.63, 3.8) is 0 Å². The SMILES string of the molecule is Cc1ccc(/C(O)=C2/C(=O)C(=O)N(CC(C)O)C2c2cccnc2)cc1. The number of aryl methyl sites for hydroxylation is 1. The number of hydrogen-bond acceptors (Lipinski definition) is 5. The Balaban J connectivity index is 2.17. The quantitative estimate of drug-likeness (QED) is 0.500. The maximum Gasteiger partial charge on any atom is 0.295 e. The van der Waals surface area contributed by atoms with Crippen LogP contribution in [0.25, 0.3) is 5.76 Å². The van der Waals surface area contributed by atoms with Crippen molar-refractivity contribution in [2.24, 2.45) is 0 Å². The lowest BCUT2D eigenvalue weighted by atomic mass is 9.96. The van der Waals surface area contributed by atoms with Crippen molar-refractivity contribution >= 4 is 17.4 Å². The fraction of sp³-hybridized carbons (Fsp3) is 0.250. The fourth-order valence-electron chi connectivity index (χ4n) is 3.10. The molecule has 1 amide bonds. The predicted molar refractivity (Wildman–Crippen MR) is 96.1 cm³/mol. The van der Waals surface area contributed by atoms with Gasteiger partial charge in [0.15, 0.2) is 0 Å². The van der Waals surface area contributed by atoms with Crippen LogP contribution in [0.15, 0.2) is 54.4 Å². The van der Waals surface area contributed by atoms with Crippen molar-refractivity contribution in [2.45, 2.75) is 26.0 Å². The third kappa shape index (κ3) is 3.23. The van der Waals surface area contributed by atoms with Gasteiger partial charge in [0.1, 0.15) is 5.76 Å². The van der Waals surface area contributed by atoms with Gasteiger partial charge < -0.3 is 15.1 Å². The van der Waals surface area contributed by atoms with Gasteiger partial charge in [-0.2, -0.15) is 0 Å². The number of benzene rings is 1. The van der Waals surface area contributed by atoms with Crippen LogP contribution in [0, 0.1) is 6.92 Å². The smallest absolute Gasteiger partial charge is 0.295 e. The molecular weight excluding hydrogens is 332 g/mol. The second-order valence-electron chi connectivity index (χ2n) is 6.45. The van der Waals surface area contributed by atoms with Crippen molar-refractivity contribution in [3.05, 3.63) is 71.1 Å². The summed E-state index contributed by atoms with van der Waals surface area (Å²) >= 11 is 0. The Morgan fingerprint density at radius 3 is 2.50 bits per heavy atom. The van der Waals surface area contributed by atoms with Crippen LogP contribution in [-0.2, 0) is 9.59 Å². The maximum atomic E-state index is 12.7. The molecule has 0 aliphatic carbocycles. The first-order valence-corrected chi connectivity index (χ1v) is 8.33. The average molecular weight is 352 g/mol. The summed E-state index contributed by atoms with van der Waals surface area (Å²) in [6.07, 6.45) is 2.32. The molecule has 1 fully saturated rings. The molecule has 6 heteroatoms.